The van der Waals surface area contributed by atoms with Crippen molar-refractivity contribution in [3.63, 3.8) is 0 Å². The minimum absolute atomic E-state index is 0.131. The predicted molar refractivity (Wildman–Crippen MR) is 64.0 cm³/mol. The van der Waals surface area contributed by atoms with Crippen molar-refractivity contribution >= 4 is 0 Å². The SMILES string of the molecule is CNC(CNC1CC1)c1ccc(F)c(C)c1. The second-order valence-corrected chi connectivity index (χ2v) is 4.53. The van der Waals surface area contributed by atoms with Crippen LogP contribution < -0.4 is 10.6 Å². The Morgan fingerprint density at radius 1 is 1.44 bits per heavy atom. The van der Waals surface area contributed by atoms with Gasteiger partial charge in [-0.2, -0.15) is 0 Å². The van der Waals surface area contributed by atoms with Gasteiger partial charge < -0.3 is 10.6 Å². The summed E-state index contributed by atoms with van der Waals surface area (Å²) in [6, 6.07) is 6.30. The maximum atomic E-state index is 13.2. The van der Waals surface area contributed by atoms with E-state index in [1.807, 2.05) is 19.2 Å². The molecular weight excluding hydrogens is 203 g/mol. The van der Waals surface area contributed by atoms with E-state index in [0.29, 0.717) is 11.6 Å². The average Bonchev–Trinajstić information content (AvgIpc) is 3.08. The van der Waals surface area contributed by atoms with Crippen LogP contribution in [0.1, 0.15) is 30.0 Å². The summed E-state index contributed by atoms with van der Waals surface area (Å²) in [5, 5.41) is 6.75. The summed E-state index contributed by atoms with van der Waals surface area (Å²) >= 11 is 0. The molecule has 1 saturated carbocycles. The van der Waals surface area contributed by atoms with Crippen molar-refractivity contribution in [2.24, 2.45) is 0 Å². The highest BCUT2D eigenvalue weighted by Gasteiger charge is 2.22. The number of benzene rings is 1. The third-order valence-electron chi connectivity index (χ3n) is 3.12. The Balaban J connectivity index is 2.02. The summed E-state index contributed by atoms with van der Waals surface area (Å²) in [4.78, 5) is 0. The summed E-state index contributed by atoms with van der Waals surface area (Å²) in [6.07, 6.45) is 2.58. The van der Waals surface area contributed by atoms with Gasteiger partial charge in [0.1, 0.15) is 5.82 Å². The van der Waals surface area contributed by atoms with E-state index < -0.39 is 0 Å². The monoisotopic (exact) mass is 222 g/mol. The number of nitrogens with one attached hydrogen (secondary N) is 2. The average molecular weight is 222 g/mol. The Bertz CT molecular complexity index is 361. The van der Waals surface area contributed by atoms with Crippen molar-refractivity contribution < 1.29 is 4.39 Å². The van der Waals surface area contributed by atoms with E-state index in [9.17, 15) is 4.39 Å². The molecule has 1 unspecified atom stereocenters. The lowest BCUT2D eigenvalue weighted by molar-refractivity contribution is 0.524. The molecule has 0 aromatic heterocycles. The van der Waals surface area contributed by atoms with E-state index in [4.69, 9.17) is 0 Å². The Labute approximate surface area is 96.2 Å². The lowest BCUT2D eigenvalue weighted by Crippen LogP contribution is -2.30. The van der Waals surface area contributed by atoms with Crippen LogP contribution >= 0.6 is 0 Å². The van der Waals surface area contributed by atoms with Crippen LogP contribution in [0.25, 0.3) is 0 Å². The molecule has 2 rings (SSSR count). The van der Waals surface area contributed by atoms with Gasteiger partial charge in [-0.15, -0.1) is 0 Å². The Morgan fingerprint density at radius 3 is 2.75 bits per heavy atom. The summed E-state index contributed by atoms with van der Waals surface area (Å²) < 4.78 is 13.2. The minimum atomic E-state index is -0.131. The molecule has 2 N–H and O–H groups in total. The Kier molecular flexibility index (Phi) is 3.56. The van der Waals surface area contributed by atoms with Crippen LogP contribution in [0.15, 0.2) is 18.2 Å². The molecular formula is C13H19FN2. The van der Waals surface area contributed by atoms with Gasteiger partial charge >= 0.3 is 0 Å². The predicted octanol–water partition coefficient (Wildman–Crippen LogP) is 2.15. The minimum Gasteiger partial charge on any atom is -0.312 e. The van der Waals surface area contributed by atoms with E-state index in [2.05, 4.69) is 10.6 Å². The van der Waals surface area contributed by atoms with Gasteiger partial charge in [0, 0.05) is 18.6 Å². The van der Waals surface area contributed by atoms with Crippen LogP contribution in [-0.2, 0) is 0 Å². The van der Waals surface area contributed by atoms with E-state index in [1.54, 1.807) is 13.0 Å². The van der Waals surface area contributed by atoms with Crippen molar-refractivity contribution in [1.82, 2.24) is 10.6 Å². The first-order valence-electron chi connectivity index (χ1n) is 5.87. The van der Waals surface area contributed by atoms with Gasteiger partial charge in [-0.25, -0.2) is 4.39 Å². The molecule has 0 heterocycles. The number of hydrogen-bond acceptors (Lipinski definition) is 2. The van der Waals surface area contributed by atoms with Crippen LogP contribution in [-0.4, -0.2) is 19.6 Å². The second kappa shape index (κ2) is 4.93. The molecule has 1 aromatic carbocycles. The fraction of sp³-hybridized carbons (Fsp3) is 0.538. The largest absolute Gasteiger partial charge is 0.312 e. The van der Waals surface area contributed by atoms with Gasteiger partial charge in [0.2, 0.25) is 0 Å². The first kappa shape index (κ1) is 11.6. The lowest BCUT2D eigenvalue weighted by atomic mass is 10.0. The molecule has 0 amide bonds. The molecule has 0 spiro atoms. The summed E-state index contributed by atoms with van der Waals surface area (Å²) in [6.45, 7) is 2.71. The van der Waals surface area contributed by atoms with Crippen molar-refractivity contribution in [1.29, 1.82) is 0 Å². The molecule has 1 aliphatic rings. The lowest BCUT2D eigenvalue weighted by Gasteiger charge is -2.18. The standard InChI is InChI=1S/C13H19FN2/c1-9-7-10(3-6-12(9)14)13(15-2)8-16-11-4-5-11/h3,6-7,11,13,15-16H,4-5,8H2,1-2H3. The van der Waals surface area contributed by atoms with E-state index >= 15 is 0 Å². The van der Waals surface area contributed by atoms with Gasteiger partial charge in [-0.1, -0.05) is 12.1 Å². The first-order valence-corrected chi connectivity index (χ1v) is 5.87. The number of likely N-dealkylation sites (N-methyl/N-ethyl adjacent to an activating group) is 1. The number of aryl methyl sites for hydroxylation is 1. The highest BCUT2D eigenvalue weighted by atomic mass is 19.1. The van der Waals surface area contributed by atoms with Gasteiger partial charge in [-0.3, -0.25) is 0 Å². The maximum absolute atomic E-state index is 13.2. The molecule has 88 valence electrons. The highest BCUT2D eigenvalue weighted by molar-refractivity contribution is 5.26. The molecule has 0 radical (unpaired) electrons. The van der Waals surface area contributed by atoms with Crippen molar-refractivity contribution in [3.8, 4) is 0 Å². The van der Waals surface area contributed by atoms with E-state index in [1.165, 1.54) is 12.8 Å². The third kappa shape index (κ3) is 2.80. The van der Waals surface area contributed by atoms with Crippen LogP contribution in [0, 0.1) is 12.7 Å². The summed E-state index contributed by atoms with van der Waals surface area (Å²) in [7, 11) is 1.94. The van der Waals surface area contributed by atoms with Crippen LogP contribution in [0.3, 0.4) is 0 Å². The van der Waals surface area contributed by atoms with Gasteiger partial charge in [-0.05, 0) is 44.0 Å². The molecule has 16 heavy (non-hydrogen) atoms. The second-order valence-electron chi connectivity index (χ2n) is 4.53. The molecule has 1 fully saturated rings. The maximum Gasteiger partial charge on any atom is 0.126 e. The number of halogens is 1. The zero-order valence-electron chi connectivity index (χ0n) is 9.89. The first-order chi connectivity index (χ1) is 7.70. The number of rotatable bonds is 5. The smallest absolute Gasteiger partial charge is 0.126 e. The number of hydrogen-bond donors (Lipinski definition) is 2. The molecule has 1 aromatic rings. The van der Waals surface area contributed by atoms with Gasteiger partial charge in [0.15, 0.2) is 0 Å². The van der Waals surface area contributed by atoms with Crippen molar-refractivity contribution in [2.45, 2.75) is 31.8 Å². The van der Waals surface area contributed by atoms with Gasteiger partial charge in [0.25, 0.3) is 0 Å². The molecule has 2 nitrogen and oxygen atoms in total. The zero-order valence-corrected chi connectivity index (χ0v) is 9.89. The van der Waals surface area contributed by atoms with Crippen molar-refractivity contribution in [3.05, 3.63) is 35.1 Å². The normalized spacial score (nSPS) is 17.4. The molecule has 0 saturated heterocycles. The summed E-state index contributed by atoms with van der Waals surface area (Å²) in [5.41, 5.74) is 1.86. The topological polar surface area (TPSA) is 24.1 Å². The van der Waals surface area contributed by atoms with E-state index in [0.717, 1.165) is 12.1 Å². The Morgan fingerprint density at radius 2 is 2.19 bits per heavy atom. The molecule has 0 bridgehead atoms. The third-order valence-corrected chi connectivity index (χ3v) is 3.12. The fourth-order valence-corrected chi connectivity index (χ4v) is 1.84. The quantitative estimate of drug-likeness (QED) is 0.797. The summed E-state index contributed by atoms with van der Waals surface area (Å²) in [5.74, 6) is -0.131. The molecule has 1 atom stereocenters. The fourth-order valence-electron chi connectivity index (χ4n) is 1.84. The van der Waals surface area contributed by atoms with Crippen LogP contribution in [0.5, 0.6) is 0 Å². The molecule has 3 heteroatoms. The van der Waals surface area contributed by atoms with Gasteiger partial charge in [0.05, 0.1) is 0 Å². The van der Waals surface area contributed by atoms with E-state index in [-0.39, 0.29) is 11.9 Å². The highest BCUT2D eigenvalue weighted by Crippen LogP contribution is 2.21. The molecule has 1 aliphatic carbocycles. The van der Waals surface area contributed by atoms with Crippen LogP contribution in [0.4, 0.5) is 4.39 Å². The molecule has 0 aliphatic heterocycles. The van der Waals surface area contributed by atoms with Crippen molar-refractivity contribution in [2.75, 3.05) is 13.6 Å². The zero-order chi connectivity index (χ0) is 11.5. The van der Waals surface area contributed by atoms with Crippen LogP contribution in [0.2, 0.25) is 0 Å². The Hall–Kier alpha value is -0.930.